The molecule has 0 unspecified atom stereocenters. The Labute approximate surface area is 205 Å². The van der Waals surface area contributed by atoms with E-state index < -0.39 is 0 Å². The van der Waals surface area contributed by atoms with Crippen LogP contribution in [0.2, 0.25) is 0 Å². The van der Waals surface area contributed by atoms with Crippen LogP contribution in [0.3, 0.4) is 0 Å². The number of rotatable bonds is 10. The van der Waals surface area contributed by atoms with Crippen LogP contribution in [0.1, 0.15) is 11.1 Å². The van der Waals surface area contributed by atoms with Gasteiger partial charge < -0.3 is 19.5 Å². The van der Waals surface area contributed by atoms with Crippen molar-refractivity contribution in [3.8, 4) is 16.9 Å². The Balaban J connectivity index is 1.45. The van der Waals surface area contributed by atoms with Crippen molar-refractivity contribution in [3.05, 3.63) is 66.3 Å². The zero-order valence-electron chi connectivity index (χ0n) is 20.1. The van der Waals surface area contributed by atoms with Crippen LogP contribution in [-0.4, -0.2) is 72.2 Å². The molecule has 1 saturated heterocycles. The molecule has 184 valence electrons. The summed E-state index contributed by atoms with van der Waals surface area (Å²) >= 11 is 0. The topological polar surface area (TPSA) is 90.7 Å². The number of amides is 1. The highest BCUT2D eigenvalue weighted by Crippen LogP contribution is 2.26. The molecular formula is C26H31N5O4. The largest absolute Gasteiger partial charge is 0.491 e. The molecule has 0 bridgehead atoms. The van der Waals surface area contributed by atoms with Crippen LogP contribution < -0.4 is 10.1 Å². The number of aromatic nitrogens is 3. The molecule has 0 radical (unpaired) electrons. The van der Waals surface area contributed by atoms with Crippen molar-refractivity contribution < 1.29 is 19.0 Å². The molecule has 0 aliphatic carbocycles. The maximum Gasteiger partial charge on any atom is 0.248 e. The molecule has 2 aromatic heterocycles. The third-order valence-corrected chi connectivity index (χ3v) is 5.66. The molecule has 1 amide bonds. The predicted octanol–water partition coefficient (Wildman–Crippen LogP) is 2.99. The molecule has 9 nitrogen and oxygen atoms in total. The molecule has 1 N–H and O–H groups in total. The highest BCUT2D eigenvalue weighted by atomic mass is 16.5. The number of aryl methyl sites for hydroxylation is 1. The number of anilines is 1. The minimum Gasteiger partial charge on any atom is -0.491 e. The van der Waals surface area contributed by atoms with Gasteiger partial charge in [-0.05, 0) is 23.8 Å². The van der Waals surface area contributed by atoms with Crippen molar-refractivity contribution in [1.29, 1.82) is 0 Å². The Morgan fingerprint density at radius 3 is 2.83 bits per heavy atom. The summed E-state index contributed by atoms with van der Waals surface area (Å²) in [4.78, 5) is 19.2. The van der Waals surface area contributed by atoms with E-state index in [-0.39, 0.29) is 5.91 Å². The van der Waals surface area contributed by atoms with Gasteiger partial charge >= 0.3 is 0 Å². The van der Waals surface area contributed by atoms with Crippen molar-refractivity contribution in [2.75, 3.05) is 51.9 Å². The lowest BCUT2D eigenvalue weighted by atomic mass is 10.0. The number of morpholine rings is 1. The van der Waals surface area contributed by atoms with Crippen molar-refractivity contribution in [2.24, 2.45) is 7.05 Å². The van der Waals surface area contributed by atoms with Gasteiger partial charge in [0.15, 0.2) is 0 Å². The Kier molecular flexibility index (Phi) is 8.61. The third kappa shape index (κ3) is 6.98. The minimum atomic E-state index is -0.241. The number of carbonyl (C=O) groups is 1. The first-order chi connectivity index (χ1) is 17.1. The average molecular weight is 478 g/mol. The van der Waals surface area contributed by atoms with Crippen LogP contribution in [0.15, 0.2) is 55.1 Å². The van der Waals surface area contributed by atoms with E-state index in [2.05, 4.69) is 20.3 Å². The lowest BCUT2D eigenvalue weighted by molar-refractivity contribution is -0.111. The van der Waals surface area contributed by atoms with Crippen molar-refractivity contribution in [3.63, 3.8) is 0 Å². The van der Waals surface area contributed by atoms with Gasteiger partial charge in [0.2, 0.25) is 5.91 Å². The minimum absolute atomic E-state index is 0.241. The van der Waals surface area contributed by atoms with E-state index in [0.717, 1.165) is 60.9 Å². The highest BCUT2D eigenvalue weighted by molar-refractivity contribution is 6.02. The molecule has 1 fully saturated rings. The van der Waals surface area contributed by atoms with E-state index in [4.69, 9.17) is 14.2 Å². The molecule has 4 rings (SSSR count). The van der Waals surface area contributed by atoms with Gasteiger partial charge in [-0.3, -0.25) is 19.4 Å². The van der Waals surface area contributed by atoms with Gasteiger partial charge in [0, 0.05) is 86.9 Å². The van der Waals surface area contributed by atoms with Gasteiger partial charge in [0.25, 0.3) is 0 Å². The Hall–Kier alpha value is -3.53. The first-order valence-electron chi connectivity index (χ1n) is 11.6. The Bertz CT molecular complexity index is 1150. The molecule has 0 saturated carbocycles. The molecule has 35 heavy (non-hydrogen) atoms. The molecule has 1 aliphatic heterocycles. The van der Waals surface area contributed by atoms with E-state index in [1.807, 2.05) is 37.5 Å². The number of nitrogens with zero attached hydrogens (tertiary/aromatic N) is 4. The zero-order chi connectivity index (χ0) is 24.5. The summed E-state index contributed by atoms with van der Waals surface area (Å²) in [7, 11) is 3.51. The predicted molar refractivity (Wildman–Crippen MR) is 134 cm³/mol. The number of methoxy groups -OCH3 is 1. The molecule has 3 heterocycles. The zero-order valence-corrected chi connectivity index (χ0v) is 20.1. The number of ether oxygens (including phenoxy) is 3. The van der Waals surface area contributed by atoms with Gasteiger partial charge in [-0.2, -0.15) is 5.10 Å². The van der Waals surface area contributed by atoms with Crippen LogP contribution in [0.5, 0.6) is 5.75 Å². The normalized spacial score (nSPS) is 14.3. The summed E-state index contributed by atoms with van der Waals surface area (Å²) in [6.45, 7) is 4.92. The van der Waals surface area contributed by atoms with Crippen LogP contribution in [-0.2, 0) is 27.9 Å². The SMILES string of the molecule is COCCOc1cc(NC(=O)C=Cc2cnccc2-c2cnn(C)c2)ccc1CN1CCOCC1. The molecule has 0 spiro atoms. The monoisotopic (exact) mass is 477 g/mol. The third-order valence-electron chi connectivity index (χ3n) is 5.66. The van der Waals surface area contributed by atoms with Crippen LogP contribution in [0.25, 0.3) is 17.2 Å². The summed E-state index contributed by atoms with van der Waals surface area (Å²) in [5.41, 5.74) is 4.48. The summed E-state index contributed by atoms with van der Waals surface area (Å²) in [6.07, 6.45) is 10.4. The first-order valence-corrected chi connectivity index (χ1v) is 11.6. The van der Waals surface area contributed by atoms with Crippen molar-refractivity contribution in [1.82, 2.24) is 19.7 Å². The second kappa shape index (κ2) is 12.3. The number of carbonyl (C=O) groups excluding carboxylic acids is 1. The van der Waals surface area contributed by atoms with Crippen LogP contribution >= 0.6 is 0 Å². The maximum atomic E-state index is 12.7. The molecular weight excluding hydrogens is 446 g/mol. The smallest absolute Gasteiger partial charge is 0.248 e. The number of pyridine rings is 1. The fourth-order valence-electron chi connectivity index (χ4n) is 3.84. The summed E-state index contributed by atoms with van der Waals surface area (Å²) in [5.74, 6) is 0.496. The summed E-state index contributed by atoms with van der Waals surface area (Å²) < 4.78 is 18.3. The Morgan fingerprint density at radius 2 is 2.06 bits per heavy atom. The van der Waals surface area contributed by atoms with Gasteiger partial charge in [0.1, 0.15) is 12.4 Å². The molecule has 9 heteroatoms. The standard InChI is InChI=1S/C26H31N5O4/c1-30-18-22(17-28-30)24-7-8-27-16-20(24)4-6-26(32)29-23-5-3-21(19-31-9-11-34-12-10-31)25(15-23)35-14-13-33-2/h3-8,15-18H,9-14,19H2,1-2H3,(H,29,32). The fraction of sp³-hybridized carbons (Fsp3) is 0.346. The van der Waals surface area contributed by atoms with E-state index in [0.29, 0.717) is 18.9 Å². The maximum absolute atomic E-state index is 12.7. The van der Waals surface area contributed by atoms with E-state index in [1.54, 1.807) is 36.5 Å². The summed E-state index contributed by atoms with van der Waals surface area (Å²) in [6, 6.07) is 7.67. The van der Waals surface area contributed by atoms with Gasteiger partial charge in [-0.25, -0.2) is 0 Å². The van der Waals surface area contributed by atoms with Crippen LogP contribution in [0, 0.1) is 0 Å². The quantitative estimate of drug-likeness (QED) is 0.355. The molecule has 0 atom stereocenters. The van der Waals surface area contributed by atoms with E-state index in [1.165, 1.54) is 6.08 Å². The number of hydrogen-bond donors (Lipinski definition) is 1. The van der Waals surface area contributed by atoms with Crippen molar-refractivity contribution in [2.45, 2.75) is 6.54 Å². The second-order valence-corrected chi connectivity index (χ2v) is 8.24. The average Bonchev–Trinajstić information content (AvgIpc) is 3.31. The van der Waals surface area contributed by atoms with Gasteiger partial charge in [-0.15, -0.1) is 0 Å². The van der Waals surface area contributed by atoms with Gasteiger partial charge in [-0.1, -0.05) is 6.07 Å². The highest BCUT2D eigenvalue weighted by Gasteiger charge is 2.15. The fourth-order valence-corrected chi connectivity index (χ4v) is 3.84. The second-order valence-electron chi connectivity index (χ2n) is 8.24. The Morgan fingerprint density at radius 1 is 1.20 bits per heavy atom. The number of nitrogens with one attached hydrogen (secondary N) is 1. The van der Waals surface area contributed by atoms with Crippen LogP contribution in [0.4, 0.5) is 5.69 Å². The molecule has 1 aromatic carbocycles. The summed E-state index contributed by atoms with van der Waals surface area (Å²) in [5, 5.41) is 7.16. The molecule has 3 aromatic rings. The van der Waals surface area contributed by atoms with Crippen molar-refractivity contribution >= 4 is 17.7 Å². The lowest BCUT2D eigenvalue weighted by Crippen LogP contribution is -2.35. The van der Waals surface area contributed by atoms with Gasteiger partial charge in [0.05, 0.1) is 26.0 Å². The van der Waals surface area contributed by atoms with E-state index in [9.17, 15) is 4.79 Å². The molecule has 1 aliphatic rings. The number of benzene rings is 1. The van der Waals surface area contributed by atoms with E-state index >= 15 is 0 Å². The first kappa shape index (κ1) is 24.6. The number of hydrogen-bond acceptors (Lipinski definition) is 7. The lowest BCUT2D eigenvalue weighted by Gasteiger charge is -2.27.